The van der Waals surface area contributed by atoms with Gasteiger partial charge < -0.3 is 9.80 Å². The first-order valence-corrected chi connectivity index (χ1v) is 11.5. The zero-order valence-corrected chi connectivity index (χ0v) is 18.1. The summed E-state index contributed by atoms with van der Waals surface area (Å²) in [5, 5.41) is 1.25. The highest BCUT2D eigenvalue weighted by atomic mass is 32.1. The molecule has 4 heterocycles. The number of aryl methyl sites for hydroxylation is 1. The van der Waals surface area contributed by atoms with Crippen molar-refractivity contribution in [2.75, 3.05) is 50.7 Å². The number of carbonyl (C=O) groups excluding carboxylic acids is 1. The van der Waals surface area contributed by atoms with Gasteiger partial charge in [-0.3, -0.25) is 9.69 Å². The Labute approximate surface area is 180 Å². The zero-order chi connectivity index (χ0) is 20.5. The quantitative estimate of drug-likeness (QED) is 0.629. The number of amides is 1. The number of carbonyl (C=O) groups is 1. The van der Waals surface area contributed by atoms with Crippen LogP contribution in [-0.2, 0) is 12.8 Å². The standard InChI is InChI=1S/C22H26N6OS/c1-2-20-23-15-17-18(24-20)7-8-28(22(17)29)14-11-26-9-12-27(13-10-26)21-16-5-3-4-6-19(16)30-25-21/h3-6,15H,2,7-14H2,1H3. The van der Waals surface area contributed by atoms with Crippen LogP contribution in [0.1, 0.15) is 28.8 Å². The predicted octanol–water partition coefficient (Wildman–Crippen LogP) is 2.47. The maximum atomic E-state index is 12.8. The minimum atomic E-state index is 0.0754. The van der Waals surface area contributed by atoms with Crippen molar-refractivity contribution in [3.63, 3.8) is 0 Å². The van der Waals surface area contributed by atoms with Crippen molar-refractivity contribution in [2.45, 2.75) is 19.8 Å². The highest BCUT2D eigenvalue weighted by Crippen LogP contribution is 2.29. The van der Waals surface area contributed by atoms with Crippen molar-refractivity contribution in [2.24, 2.45) is 0 Å². The largest absolute Gasteiger partial charge is 0.353 e. The minimum absolute atomic E-state index is 0.0754. The molecule has 0 atom stereocenters. The van der Waals surface area contributed by atoms with Crippen molar-refractivity contribution < 1.29 is 4.79 Å². The molecular weight excluding hydrogens is 396 g/mol. The van der Waals surface area contributed by atoms with Gasteiger partial charge in [0, 0.05) is 70.2 Å². The van der Waals surface area contributed by atoms with E-state index in [1.165, 1.54) is 10.1 Å². The van der Waals surface area contributed by atoms with Gasteiger partial charge in [0.1, 0.15) is 11.6 Å². The molecule has 1 saturated heterocycles. The van der Waals surface area contributed by atoms with E-state index >= 15 is 0 Å². The molecule has 0 spiro atoms. The van der Waals surface area contributed by atoms with E-state index in [1.54, 1.807) is 17.7 Å². The Morgan fingerprint density at radius 1 is 1.07 bits per heavy atom. The molecule has 2 aliphatic rings. The van der Waals surface area contributed by atoms with E-state index in [4.69, 9.17) is 4.37 Å². The zero-order valence-electron chi connectivity index (χ0n) is 17.3. The van der Waals surface area contributed by atoms with E-state index in [-0.39, 0.29) is 5.91 Å². The van der Waals surface area contributed by atoms with Crippen molar-refractivity contribution in [1.29, 1.82) is 0 Å². The van der Waals surface area contributed by atoms with E-state index in [0.717, 1.165) is 76.0 Å². The van der Waals surface area contributed by atoms with Gasteiger partial charge in [0.2, 0.25) is 0 Å². The van der Waals surface area contributed by atoms with E-state index in [0.29, 0.717) is 5.56 Å². The van der Waals surface area contributed by atoms with Gasteiger partial charge in [0.25, 0.3) is 5.91 Å². The van der Waals surface area contributed by atoms with Crippen LogP contribution in [0.3, 0.4) is 0 Å². The van der Waals surface area contributed by atoms with Gasteiger partial charge in [0.15, 0.2) is 0 Å². The molecule has 5 rings (SSSR count). The number of hydrogen-bond acceptors (Lipinski definition) is 7. The second kappa shape index (κ2) is 8.28. The van der Waals surface area contributed by atoms with Gasteiger partial charge in [-0.25, -0.2) is 9.97 Å². The fourth-order valence-corrected chi connectivity index (χ4v) is 5.07. The predicted molar refractivity (Wildman–Crippen MR) is 119 cm³/mol. The molecule has 7 nitrogen and oxygen atoms in total. The van der Waals surface area contributed by atoms with Crippen molar-refractivity contribution >= 4 is 33.3 Å². The average Bonchev–Trinajstić information content (AvgIpc) is 3.23. The number of fused-ring (bicyclic) bond motifs is 2. The van der Waals surface area contributed by atoms with Gasteiger partial charge in [-0.2, -0.15) is 4.37 Å². The topological polar surface area (TPSA) is 65.5 Å². The Morgan fingerprint density at radius 2 is 1.90 bits per heavy atom. The molecule has 156 valence electrons. The van der Waals surface area contributed by atoms with Gasteiger partial charge in [-0.05, 0) is 23.7 Å². The number of aromatic nitrogens is 3. The third-order valence-electron chi connectivity index (χ3n) is 6.09. The number of piperazine rings is 1. The molecule has 8 heteroatoms. The van der Waals surface area contributed by atoms with Gasteiger partial charge >= 0.3 is 0 Å². The number of anilines is 1. The number of benzene rings is 1. The Balaban J connectivity index is 1.16. The van der Waals surface area contributed by atoms with Crippen LogP contribution >= 0.6 is 11.5 Å². The summed E-state index contributed by atoms with van der Waals surface area (Å²) in [7, 11) is 0. The monoisotopic (exact) mass is 422 g/mol. The van der Waals surface area contributed by atoms with E-state index in [2.05, 4.69) is 44.0 Å². The second-order valence-electron chi connectivity index (χ2n) is 7.87. The third-order valence-corrected chi connectivity index (χ3v) is 6.90. The lowest BCUT2D eigenvalue weighted by molar-refractivity contribution is 0.0714. The average molecular weight is 423 g/mol. The lowest BCUT2D eigenvalue weighted by Crippen LogP contribution is -2.50. The van der Waals surface area contributed by atoms with Crippen LogP contribution in [0.2, 0.25) is 0 Å². The van der Waals surface area contributed by atoms with Crippen LogP contribution in [-0.4, -0.2) is 75.9 Å². The first-order chi connectivity index (χ1) is 14.7. The summed E-state index contributed by atoms with van der Waals surface area (Å²) in [6.45, 7) is 8.37. The van der Waals surface area contributed by atoms with Crippen molar-refractivity contribution in [1.82, 2.24) is 24.1 Å². The fraction of sp³-hybridized carbons (Fsp3) is 0.455. The molecule has 1 aromatic carbocycles. The van der Waals surface area contributed by atoms with Crippen LogP contribution < -0.4 is 4.90 Å². The molecular formula is C22H26N6OS. The Kier molecular flexibility index (Phi) is 5.35. The first kappa shape index (κ1) is 19.4. The Morgan fingerprint density at radius 3 is 2.73 bits per heavy atom. The van der Waals surface area contributed by atoms with Crippen LogP contribution in [0, 0.1) is 0 Å². The smallest absolute Gasteiger partial charge is 0.257 e. The van der Waals surface area contributed by atoms with Crippen molar-refractivity contribution in [3.05, 3.63) is 47.5 Å². The van der Waals surface area contributed by atoms with Gasteiger partial charge in [0.05, 0.1) is 16.0 Å². The molecule has 0 N–H and O–H groups in total. The maximum absolute atomic E-state index is 12.8. The summed E-state index contributed by atoms with van der Waals surface area (Å²) in [4.78, 5) is 28.5. The number of rotatable bonds is 5. The van der Waals surface area contributed by atoms with Crippen LogP contribution in [0.5, 0.6) is 0 Å². The summed E-state index contributed by atoms with van der Waals surface area (Å²) in [5.41, 5.74) is 1.59. The number of hydrogen-bond donors (Lipinski definition) is 0. The first-order valence-electron chi connectivity index (χ1n) is 10.7. The molecule has 0 saturated carbocycles. The number of nitrogens with zero attached hydrogens (tertiary/aromatic N) is 6. The van der Waals surface area contributed by atoms with Crippen LogP contribution in [0.25, 0.3) is 10.1 Å². The highest BCUT2D eigenvalue weighted by Gasteiger charge is 2.27. The SMILES string of the molecule is CCc1ncc2c(n1)CCN(CCN1CCN(c3nsc4ccccc34)CC1)C2=O. The molecule has 2 aromatic heterocycles. The molecule has 0 bridgehead atoms. The fourth-order valence-electron chi connectivity index (χ4n) is 4.27. The van der Waals surface area contributed by atoms with E-state index in [9.17, 15) is 4.79 Å². The maximum Gasteiger partial charge on any atom is 0.257 e. The normalized spacial score (nSPS) is 17.6. The Hall–Kier alpha value is -2.58. The second-order valence-corrected chi connectivity index (χ2v) is 8.68. The molecule has 3 aromatic rings. The van der Waals surface area contributed by atoms with Gasteiger partial charge in [-0.15, -0.1) is 0 Å². The summed E-state index contributed by atoms with van der Waals surface area (Å²) in [6.07, 6.45) is 3.34. The van der Waals surface area contributed by atoms with Crippen molar-refractivity contribution in [3.8, 4) is 0 Å². The summed E-state index contributed by atoms with van der Waals surface area (Å²) in [6, 6.07) is 8.44. The van der Waals surface area contributed by atoms with Gasteiger partial charge in [-0.1, -0.05) is 19.1 Å². The summed E-state index contributed by atoms with van der Waals surface area (Å²) >= 11 is 1.57. The summed E-state index contributed by atoms with van der Waals surface area (Å²) < 4.78 is 5.94. The van der Waals surface area contributed by atoms with Crippen LogP contribution in [0.15, 0.2) is 30.5 Å². The van der Waals surface area contributed by atoms with E-state index < -0.39 is 0 Å². The summed E-state index contributed by atoms with van der Waals surface area (Å²) in [5.74, 6) is 2.01. The lowest BCUT2D eigenvalue weighted by atomic mass is 10.1. The molecule has 1 amide bonds. The third kappa shape index (κ3) is 3.65. The molecule has 0 unspecified atom stereocenters. The molecule has 0 radical (unpaired) electrons. The lowest BCUT2D eigenvalue weighted by Gasteiger charge is -2.36. The molecule has 30 heavy (non-hydrogen) atoms. The molecule has 1 fully saturated rings. The molecule has 2 aliphatic heterocycles. The van der Waals surface area contributed by atoms with E-state index in [1.807, 2.05) is 11.8 Å². The Bertz CT molecular complexity index is 1060. The van der Waals surface area contributed by atoms with Crippen LogP contribution in [0.4, 0.5) is 5.82 Å². The minimum Gasteiger partial charge on any atom is -0.353 e. The highest BCUT2D eigenvalue weighted by molar-refractivity contribution is 7.13. The molecule has 0 aliphatic carbocycles.